The first-order chi connectivity index (χ1) is 12.3. The molecule has 0 unspecified atom stereocenters. The van der Waals surface area contributed by atoms with Crippen LogP contribution in [0.3, 0.4) is 0 Å². The molecule has 1 aromatic carbocycles. The highest BCUT2D eigenvalue weighted by atomic mass is 127. The van der Waals surface area contributed by atoms with Gasteiger partial charge in [-0.3, -0.25) is 4.68 Å². The number of aromatic nitrogens is 2. The molecule has 0 aliphatic heterocycles. The van der Waals surface area contributed by atoms with Crippen molar-refractivity contribution < 1.29 is 0 Å². The Morgan fingerprint density at radius 3 is 2.81 bits per heavy atom. The monoisotopic (exact) mass is 465 g/mol. The summed E-state index contributed by atoms with van der Waals surface area (Å²) in [7, 11) is 0. The summed E-state index contributed by atoms with van der Waals surface area (Å²) in [5, 5.41) is 7.96. The fourth-order valence-electron chi connectivity index (χ4n) is 4.08. The summed E-state index contributed by atoms with van der Waals surface area (Å²) >= 11 is 0. The Morgan fingerprint density at radius 2 is 1.96 bits per heavy atom. The first kappa shape index (κ1) is 19.2. The SMILES string of the molecule is I.NC(=NCc1ccn(C2CCCC2)n1)Nc1cccc2c1CCCC2. The molecule has 3 N–H and O–H groups in total. The first-order valence-electron chi connectivity index (χ1n) is 9.51. The average Bonchev–Trinajstić information content (AvgIpc) is 3.32. The van der Waals surface area contributed by atoms with Crippen molar-refractivity contribution >= 4 is 35.6 Å². The van der Waals surface area contributed by atoms with Gasteiger partial charge in [-0.25, -0.2) is 4.99 Å². The number of rotatable bonds is 4. The van der Waals surface area contributed by atoms with Gasteiger partial charge in [0.15, 0.2) is 5.96 Å². The maximum atomic E-state index is 6.12. The van der Waals surface area contributed by atoms with Crippen LogP contribution in [0, 0.1) is 0 Å². The van der Waals surface area contributed by atoms with E-state index in [1.54, 1.807) is 0 Å². The number of nitrogens with zero attached hydrogens (tertiary/aromatic N) is 3. The lowest BCUT2D eigenvalue weighted by Crippen LogP contribution is -2.24. The molecule has 2 aliphatic carbocycles. The van der Waals surface area contributed by atoms with Crippen LogP contribution in [0.15, 0.2) is 35.5 Å². The number of fused-ring (bicyclic) bond motifs is 1. The van der Waals surface area contributed by atoms with Gasteiger partial charge in [0.2, 0.25) is 0 Å². The smallest absolute Gasteiger partial charge is 0.193 e. The fourth-order valence-corrected chi connectivity index (χ4v) is 4.08. The van der Waals surface area contributed by atoms with Gasteiger partial charge in [0.1, 0.15) is 0 Å². The van der Waals surface area contributed by atoms with Gasteiger partial charge in [0, 0.05) is 11.9 Å². The first-order valence-corrected chi connectivity index (χ1v) is 9.51. The van der Waals surface area contributed by atoms with Crippen molar-refractivity contribution in [3.05, 3.63) is 47.3 Å². The Kier molecular flexibility index (Phi) is 6.56. The summed E-state index contributed by atoms with van der Waals surface area (Å²) in [6.07, 6.45) is 12.0. The second-order valence-corrected chi connectivity index (χ2v) is 7.20. The molecule has 4 rings (SSSR count). The summed E-state index contributed by atoms with van der Waals surface area (Å²) in [4.78, 5) is 4.49. The van der Waals surface area contributed by atoms with Gasteiger partial charge in [-0.05, 0) is 61.8 Å². The van der Waals surface area contributed by atoms with Gasteiger partial charge in [-0.2, -0.15) is 5.10 Å². The van der Waals surface area contributed by atoms with E-state index in [1.807, 2.05) is 0 Å². The second-order valence-electron chi connectivity index (χ2n) is 7.20. The number of hydrogen-bond donors (Lipinski definition) is 2. The molecule has 1 aromatic heterocycles. The average molecular weight is 465 g/mol. The molecule has 6 heteroatoms. The van der Waals surface area contributed by atoms with Crippen molar-refractivity contribution in [1.29, 1.82) is 0 Å². The molecular formula is C20H28IN5. The zero-order valence-electron chi connectivity index (χ0n) is 15.2. The number of benzene rings is 1. The number of anilines is 1. The van der Waals surface area contributed by atoms with E-state index >= 15 is 0 Å². The minimum atomic E-state index is 0. The van der Waals surface area contributed by atoms with Crippen molar-refractivity contribution in [3.8, 4) is 0 Å². The molecule has 1 heterocycles. The van der Waals surface area contributed by atoms with E-state index in [1.165, 1.54) is 56.1 Å². The molecule has 0 saturated heterocycles. The molecule has 1 fully saturated rings. The number of guanidine groups is 1. The molecule has 1 saturated carbocycles. The number of aryl methyl sites for hydroxylation is 1. The molecule has 2 aromatic rings. The second kappa shape index (κ2) is 8.88. The van der Waals surface area contributed by atoms with Crippen LogP contribution in [-0.2, 0) is 19.4 Å². The van der Waals surface area contributed by atoms with E-state index in [-0.39, 0.29) is 24.0 Å². The van der Waals surface area contributed by atoms with Crippen molar-refractivity contribution in [2.24, 2.45) is 10.7 Å². The number of hydrogen-bond acceptors (Lipinski definition) is 2. The van der Waals surface area contributed by atoms with Crippen LogP contribution >= 0.6 is 24.0 Å². The highest BCUT2D eigenvalue weighted by Crippen LogP contribution is 2.29. The summed E-state index contributed by atoms with van der Waals surface area (Å²) in [5.41, 5.74) is 11.0. The maximum absolute atomic E-state index is 6.12. The summed E-state index contributed by atoms with van der Waals surface area (Å²) in [5.74, 6) is 0.467. The molecule has 0 amide bonds. The van der Waals surface area contributed by atoms with Crippen LogP contribution < -0.4 is 11.1 Å². The number of nitrogens with one attached hydrogen (secondary N) is 1. The lowest BCUT2D eigenvalue weighted by atomic mass is 9.90. The van der Waals surface area contributed by atoms with Gasteiger partial charge in [0.05, 0.1) is 18.3 Å². The molecule has 26 heavy (non-hydrogen) atoms. The number of halogens is 1. The molecule has 5 nitrogen and oxygen atoms in total. The minimum absolute atomic E-state index is 0. The Labute approximate surface area is 172 Å². The van der Waals surface area contributed by atoms with Crippen LogP contribution in [-0.4, -0.2) is 15.7 Å². The molecule has 140 valence electrons. The lowest BCUT2D eigenvalue weighted by molar-refractivity contribution is 0.463. The van der Waals surface area contributed by atoms with Crippen LogP contribution in [0.1, 0.15) is 61.4 Å². The lowest BCUT2D eigenvalue weighted by Gasteiger charge is -2.19. The Morgan fingerprint density at radius 1 is 1.15 bits per heavy atom. The Bertz CT molecular complexity index is 761. The molecule has 2 aliphatic rings. The predicted molar refractivity (Wildman–Crippen MR) is 117 cm³/mol. The van der Waals surface area contributed by atoms with Crippen LogP contribution in [0.5, 0.6) is 0 Å². The molecule has 0 spiro atoms. The van der Waals surface area contributed by atoms with E-state index in [0.29, 0.717) is 18.5 Å². The van der Waals surface area contributed by atoms with E-state index in [9.17, 15) is 0 Å². The Hall–Kier alpha value is -1.57. The van der Waals surface area contributed by atoms with Crippen molar-refractivity contribution in [3.63, 3.8) is 0 Å². The quantitative estimate of drug-likeness (QED) is 0.399. The van der Waals surface area contributed by atoms with Gasteiger partial charge in [-0.1, -0.05) is 25.0 Å². The predicted octanol–water partition coefficient (Wildman–Crippen LogP) is 4.42. The fraction of sp³-hybridized carbons (Fsp3) is 0.500. The van der Waals surface area contributed by atoms with Gasteiger partial charge in [0.25, 0.3) is 0 Å². The van der Waals surface area contributed by atoms with Gasteiger partial charge in [-0.15, -0.1) is 24.0 Å². The molecule has 0 radical (unpaired) electrons. The number of nitrogens with two attached hydrogens (primary N) is 1. The van der Waals surface area contributed by atoms with E-state index < -0.39 is 0 Å². The third-order valence-corrected chi connectivity index (χ3v) is 5.43. The normalized spacial score (nSPS) is 17.6. The van der Waals surface area contributed by atoms with E-state index in [2.05, 4.69) is 50.6 Å². The van der Waals surface area contributed by atoms with E-state index in [4.69, 9.17) is 5.73 Å². The standard InChI is InChI=1S/C20H27N5.HI/c21-20(23-19-11-5-7-15-6-1-4-10-18(15)19)22-14-16-12-13-25(24-16)17-8-2-3-9-17;/h5,7,11-13,17H,1-4,6,8-10,14H2,(H3,21,22,23);1H. The van der Waals surface area contributed by atoms with Crippen molar-refractivity contribution in [2.45, 2.75) is 64.0 Å². The Balaban J connectivity index is 0.00000196. The highest BCUT2D eigenvalue weighted by Gasteiger charge is 2.17. The third kappa shape index (κ3) is 4.39. The molecule has 0 bridgehead atoms. The van der Waals surface area contributed by atoms with Gasteiger partial charge >= 0.3 is 0 Å². The topological polar surface area (TPSA) is 68.2 Å². The molecular weight excluding hydrogens is 437 g/mol. The van der Waals surface area contributed by atoms with Crippen LogP contribution in [0.2, 0.25) is 0 Å². The minimum Gasteiger partial charge on any atom is -0.370 e. The number of aliphatic imine (C=N–C) groups is 1. The summed E-state index contributed by atoms with van der Waals surface area (Å²) in [6, 6.07) is 9.05. The van der Waals surface area contributed by atoms with E-state index in [0.717, 1.165) is 17.8 Å². The van der Waals surface area contributed by atoms with Crippen LogP contribution in [0.25, 0.3) is 0 Å². The zero-order valence-corrected chi connectivity index (χ0v) is 17.5. The van der Waals surface area contributed by atoms with Crippen molar-refractivity contribution in [2.75, 3.05) is 5.32 Å². The van der Waals surface area contributed by atoms with Crippen LogP contribution in [0.4, 0.5) is 5.69 Å². The zero-order chi connectivity index (χ0) is 17.1. The maximum Gasteiger partial charge on any atom is 0.193 e. The highest BCUT2D eigenvalue weighted by molar-refractivity contribution is 14.0. The van der Waals surface area contributed by atoms with Crippen molar-refractivity contribution in [1.82, 2.24) is 9.78 Å². The largest absolute Gasteiger partial charge is 0.370 e. The summed E-state index contributed by atoms with van der Waals surface area (Å²) < 4.78 is 2.11. The van der Waals surface area contributed by atoms with Gasteiger partial charge < -0.3 is 11.1 Å². The molecule has 0 atom stereocenters. The summed E-state index contributed by atoms with van der Waals surface area (Å²) in [6.45, 7) is 0.521. The third-order valence-electron chi connectivity index (χ3n) is 5.43.